The number of hydrogen-bond acceptors (Lipinski definition) is 2. The first-order chi connectivity index (χ1) is 14.5. The Morgan fingerprint density at radius 3 is 2.84 bits per heavy atom. The molecule has 0 amide bonds. The quantitative estimate of drug-likeness (QED) is 0.285. The van der Waals surface area contributed by atoms with Gasteiger partial charge in [0.1, 0.15) is 11.5 Å². The van der Waals surface area contributed by atoms with Gasteiger partial charge in [0.15, 0.2) is 5.54 Å². The predicted molar refractivity (Wildman–Crippen MR) is 127 cm³/mol. The molecule has 5 rings (SSSR count). The largest absolute Gasteiger partial charge is 0.497 e. The number of methoxy groups -OCH3 is 1. The van der Waals surface area contributed by atoms with Gasteiger partial charge in [0.25, 0.3) is 0 Å². The Morgan fingerprint density at radius 2 is 2.03 bits per heavy atom. The molecule has 0 aromatic heterocycles. The molecule has 4 heteroatoms. The number of allylic oxidation sites excluding steroid dienone is 5. The van der Waals surface area contributed by atoms with Crippen molar-refractivity contribution in [2.75, 3.05) is 21.2 Å². The second kappa shape index (κ2) is 8.32. The van der Waals surface area contributed by atoms with Crippen molar-refractivity contribution >= 4 is 23.9 Å². The molecule has 0 saturated heterocycles. The minimum Gasteiger partial charge on any atom is -0.497 e. The van der Waals surface area contributed by atoms with Crippen molar-refractivity contribution in [3.8, 4) is 11.5 Å². The zero-order chi connectivity index (χ0) is 20.9. The number of hydrogen-bond donors (Lipinski definition) is 0. The fraction of sp³-hybridized carbons (Fsp3) is 0.407. The van der Waals surface area contributed by atoms with Crippen molar-refractivity contribution < 1.29 is 14.0 Å². The van der Waals surface area contributed by atoms with E-state index in [2.05, 4.69) is 63.7 Å². The third kappa shape index (κ3) is 3.45. The molecular weight excluding hydrogens is 489 g/mol. The van der Waals surface area contributed by atoms with Crippen LogP contribution in [0.15, 0.2) is 77.8 Å². The Bertz CT molecular complexity index is 1030. The smallest absolute Gasteiger partial charge is 0.151 e. The summed E-state index contributed by atoms with van der Waals surface area (Å²) in [5.41, 5.74) is 5.16. The van der Waals surface area contributed by atoms with Gasteiger partial charge in [-0.15, -0.1) is 0 Å². The maximum absolute atomic E-state index is 6.17. The molecule has 2 aliphatic heterocycles. The molecule has 0 spiro atoms. The SMILES string of the molecule is COc1ccc2c(c1)C1C=CC3(C4CC=CCCC4)C(=CC(C)=C[N+]3(C)C)C1=CO2.[Sn]. The Morgan fingerprint density at radius 1 is 1.19 bits per heavy atom. The van der Waals surface area contributed by atoms with Crippen molar-refractivity contribution in [3.63, 3.8) is 0 Å². The third-order valence-electron chi connectivity index (χ3n) is 7.47. The molecule has 3 atom stereocenters. The van der Waals surface area contributed by atoms with Crippen LogP contribution in [0.25, 0.3) is 0 Å². The van der Waals surface area contributed by atoms with Crippen LogP contribution >= 0.6 is 0 Å². The number of benzene rings is 1. The monoisotopic (exact) mass is 522 g/mol. The summed E-state index contributed by atoms with van der Waals surface area (Å²) >= 11 is 0. The van der Waals surface area contributed by atoms with Gasteiger partial charge >= 0.3 is 0 Å². The first kappa shape index (κ1) is 22.5. The van der Waals surface area contributed by atoms with Crippen molar-refractivity contribution in [2.24, 2.45) is 5.92 Å². The molecule has 2 aliphatic carbocycles. The standard InChI is InChI=1S/C27H32NO2.Sn/c1-19-15-25-24-18-30-26-12-11-21(29-4)16-23(26)22(24)13-14-27(25,28(2,3)17-19)20-9-7-5-6-8-10-20;/h5,7,11-18,20,22H,6,8-10H2,1-4H3;/q+1;. The van der Waals surface area contributed by atoms with Crippen molar-refractivity contribution in [1.82, 2.24) is 0 Å². The van der Waals surface area contributed by atoms with Crippen LogP contribution in [0.3, 0.4) is 0 Å². The Balaban J connectivity index is 0.00000231. The summed E-state index contributed by atoms with van der Waals surface area (Å²) in [5, 5.41) is 0. The molecule has 0 fully saturated rings. The molecule has 0 saturated carbocycles. The Hall–Kier alpha value is -1.72. The summed E-state index contributed by atoms with van der Waals surface area (Å²) in [6, 6.07) is 6.12. The van der Waals surface area contributed by atoms with Gasteiger partial charge in [0.05, 0.1) is 33.7 Å². The van der Waals surface area contributed by atoms with E-state index in [9.17, 15) is 0 Å². The van der Waals surface area contributed by atoms with Gasteiger partial charge in [-0.25, -0.2) is 0 Å². The number of ether oxygens (including phenoxy) is 2. The van der Waals surface area contributed by atoms with Crippen LogP contribution in [0.4, 0.5) is 0 Å². The van der Waals surface area contributed by atoms with E-state index >= 15 is 0 Å². The van der Waals surface area contributed by atoms with Gasteiger partial charge in [-0.05, 0) is 63.0 Å². The molecular formula is C27H32NO2Sn+. The predicted octanol–water partition coefficient (Wildman–Crippen LogP) is 5.65. The van der Waals surface area contributed by atoms with E-state index in [1.54, 1.807) is 7.11 Å². The summed E-state index contributed by atoms with van der Waals surface area (Å²) in [7, 11) is 6.44. The molecule has 0 N–H and O–H groups in total. The molecule has 3 nitrogen and oxygen atoms in total. The number of quaternary nitrogens is 1. The minimum atomic E-state index is -0.0732. The van der Waals surface area contributed by atoms with E-state index in [1.165, 1.54) is 41.5 Å². The Labute approximate surface area is 203 Å². The van der Waals surface area contributed by atoms with Crippen LogP contribution in [0.5, 0.6) is 11.5 Å². The van der Waals surface area contributed by atoms with E-state index < -0.39 is 0 Å². The van der Waals surface area contributed by atoms with E-state index in [-0.39, 0.29) is 35.4 Å². The molecule has 31 heavy (non-hydrogen) atoms. The molecule has 0 bridgehead atoms. The van der Waals surface area contributed by atoms with Crippen LogP contribution in [-0.4, -0.2) is 55.1 Å². The molecule has 1 aromatic rings. The summed E-state index contributed by atoms with van der Waals surface area (Å²) in [4.78, 5) is 0. The molecule has 3 unspecified atom stereocenters. The number of fused-ring (bicyclic) bond motifs is 5. The van der Waals surface area contributed by atoms with E-state index in [1.807, 2.05) is 18.4 Å². The molecule has 160 valence electrons. The van der Waals surface area contributed by atoms with E-state index in [4.69, 9.17) is 9.47 Å². The van der Waals surface area contributed by atoms with Gasteiger partial charge in [0.2, 0.25) is 0 Å². The fourth-order valence-electron chi connectivity index (χ4n) is 6.16. The van der Waals surface area contributed by atoms with Crippen LogP contribution in [-0.2, 0) is 0 Å². The summed E-state index contributed by atoms with van der Waals surface area (Å²) < 4.78 is 12.5. The topological polar surface area (TPSA) is 18.5 Å². The van der Waals surface area contributed by atoms with Crippen molar-refractivity contribution in [2.45, 2.75) is 44.1 Å². The van der Waals surface area contributed by atoms with E-state index in [0.717, 1.165) is 22.4 Å². The summed E-state index contributed by atoms with van der Waals surface area (Å²) in [6.45, 7) is 2.22. The maximum Gasteiger partial charge on any atom is 0.151 e. The maximum atomic E-state index is 6.17. The summed E-state index contributed by atoms with van der Waals surface area (Å²) in [5.74, 6) is 2.57. The fourth-order valence-corrected chi connectivity index (χ4v) is 6.16. The van der Waals surface area contributed by atoms with Gasteiger partial charge in [-0.3, -0.25) is 4.48 Å². The molecule has 4 aliphatic rings. The zero-order valence-electron chi connectivity index (χ0n) is 19.0. The van der Waals surface area contributed by atoms with Gasteiger partial charge < -0.3 is 9.47 Å². The zero-order valence-corrected chi connectivity index (χ0v) is 21.9. The number of rotatable bonds is 2. The normalized spacial score (nSPS) is 30.1. The van der Waals surface area contributed by atoms with Gasteiger partial charge in [-0.2, -0.15) is 0 Å². The average Bonchev–Trinajstić information content (AvgIpc) is 3.02. The molecule has 1 aromatic carbocycles. The van der Waals surface area contributed by atoms with Crippen LogP contribution in [0, 0.1) is 5.92 Å². The van der Waals surface area contributed by atoms with E-state index in [0.29, 0.717) is 5.92 Å². The molecule has 4 radical (unpaired) electrons. The second-order valence-electron chi connectivity index (χ2n) is 9.56. The minimum absolute atomic E-state index is 0. The van der Waals surface area contributed by atoms with Gasteiger partial charge in [0, 0.05) is 58.0 Å². The second-order valence-corrected chi connectivity index (χ2v) is 9.56. The average molecular weight is 521 g/mol. The van der Waals surface area contributed by atoms with Crippen LogP contribution in [0.2, 0.25) is 0 Å². The van der Waals surface area contributed by atoms with Crippen LogP contribution in [0.1, 0.15) is 44.1 Å². The van der Waals surface area contributed by atoms with Crippen molar-refractivity contribution in [1.29, 1.82) is 0 Å². The first-order valence-electron chi connectivity index (χ1n) is 11.1. The third-order valence-corrected chi connectivity index (χ3v) is 7.47. The number of nitrogens with zero attached hydrogens (tertiary/aromatic N) is 1. The van der Waals surface area contributed by atoms with Crippen molar-refractivity contribution in [3.05, 3.63) is 83.3 Å². The summed E-state index contributed by atoms with van der Waals surface area (Å²) in [6.07, 6.45) is 21.4. The Kier molecular flexibility index (Phi) is 6.03. The molecule has 2 heterocycles. The van der Waals surface area contributed by atoms with Crippen LogP contribution < -0.4 is 9.47 Å². The first-order valence-corrected chi connectivity index (χ1v) is 11.1. The van der Waals surface area contributed by atoms with Gasteiger partial charge in [-0.1, -0.05) is 18.2 Å². The number of likely N-dealkylation sites (N-methyl/N-ethyl adjacent to an activating group) is 1.